The van der Waals surface area contributed by atoms with Gasteiger partial charge in [-0.2, -0.15) is 0 Å². The summed E-state index contributed by atoms with van der Waals surface area (Å²) in [6, 6.07) is 13.4. The van der Waals surface area contributed by atoms with Crippen LogP contribution in [0.15, 0.2) is 36.4 Å². The summed E-state index contributed by atoms with van der Waals surface area (Å²) in [6.07, 6.45) is 0. The second kappa shape index (κ2) is 16.9. The predicted octanol–water partition coefficient (Wildman–Crippen LogP) is 7.91. The molecule has 0 N–H and O–H groups in total. The van der Waals surface area contributed by atoms with Crippen LogP contribution in [0.3, 0.4) is 0 Å². The third-order valence-electron chi connectivity index (χ3n) is 5.89. The summed E-state index contributed by atoms with van der Waals surface area (Å²) in [5, 5.41) is 0. The summed E-state index contributed by atoms with van der Waals surface area (Å²) in [6.45, 7) is 10.2. The van der Waals surface area contributed by atoms with E-state index in [1.165, 1.54) is 50.1 Å². The van der Waals surface area contributed by atoms with Crippen molar-refractivity contribution in [1.82, 2.24) is 0 Å². The highest BCUT2D eigenvalue weighted by Crippen LogP contribution is 2.45. The van der Waals surface area contributed by atoms with Crippen LogP contribution >= 0.6 is 45.3 Å². The standard InChI is InChI=1S/C30H38O6S4/c1-21-17-23(19-35-15-13-33-11-9-31-3)29(37-21)27-7-5-25(39-27)26-6-8-28(40-26)30-24(18-22(2)38-30)20-36-16-14-34-12-10-32-4/h5-8,17-18H,9-16,19-20H2,1-4H3. The molecule has 4 aromatic rings. The Balaban J connectivity index is 1.36. The summed E-state index contributed by atoms with van der Waals surface area (Å²) in [5.74, 6) is 0. The Hall–Kier alpha value is -1.44. The zero-order chi connectivity index (χ0) is 28.2. The van der Waals surface area contributed by atoms with Gasteiger partial charge in [-0.1, -0.05) is 0 Å². The maximum absolute atomic E-state index is 5.92. The first-order valence-corrected chi connectivity index (χ1v) is 16.5. The number of aryl methyl sites for hydroxylation is 2. The zero-order valence-electron chi connectivity index (χ0n) is 23.6. The van der Waals surface area contributed by atoms with Crippen LogP contribution in [0.1, 0.15) is 20.9 Å². The van der Waals surface area contributed by atoms with Crippen molar-refractivity contribution in [3.63, 3.8) is 0 Å². The topological polar surface area (TPSA) is 55.4 Å². The van der Waals surface area contributed by atoms with E-state index in [1.807, 2.05) is 45.3 Å². The molecule has 218 valence electrons. The summed E-state index contributed by atoms with van der Waals surface area (Å²) in [7, 11) is 3.35. The van der Waals surface area contributed by atoms with E-state index in [2.05, 4.69) is 50.2 Å². The van der Waals surface area contributed by atoms with Gasteiger partial charge in [0.25, 0.3) is 0 Å². The Morgan fingerprint density at radius 1 is 0.475 bits per heavy atom. The molecule has 0 atom stereocenters. The fourth-order valence-electron chi connectivity index (χ4n) is 4.04. The number of methoxy groups -OCH3 is 2. The number of rotatable bonds is 19. The lowest BCUT2D eigenvalue weighted by atomic mass is 10.2. The molecule has 0 saturated heterocycles. The highest BCUT2D eigenvalue weighted by atomic mass is 32.1. The predicted molar refractivity (Wildman–Crippen MR) is 168 cm³/mol. The molecule has 4 aromatic heterocycles. The van der Waals surface area contributed by atoms with Gasteiger partial charge in [-0.25, -0.2) is 0 Å². The highest BCUT2D eigenvalue weighted by molar-refractivity contribution is 7.28. The molecule has 0 spiro atoms. The largest absolute Gasteiger partial charge is 0.382 e. The number of thiophene rings is 4. The second-order valence-electron chi connectivity index (χ2n) is 9.07. The molecule has 0 aliphatic heterocycles. The molecule has 6 nitrogen and oxygen atoms in total. The average molecular weight is 623 g/mol. The molecule has 0 aliphatic carbocycles. The molecule has 0 bridgehead atoms. The van der Waals surface area contributed by atoms with Gasteiger partial charge in [-0.3, -0.25) is 0 Å². The minimum absolute atomic E-state index is 0.573. The molecular formula is C30H38O6S4. The molecule has 0 aromatic carbocycles. The summed E-state index contributed by atoms with van der Waals surface area (Å²) < 4.78 is 32.9. The minimum atomic E-state index is 0.573. The molecule has 4 rings (SSSR count). The molecule has 0 unspecified atom stereocenters. The first-order valence-electron chi connectivity index (χ1n) is 13.3. The SMILES string of the molecule is COCCOCCOCc1cc(C)sc1-c1ccc(-c2ccc(-c3sc(C)cc3COCCOCCOC)s2)s1. The van der Waals surface area contributed by atoms with E-state index < -0.39 is 0 Å². The van der Waals surface area contributed by atoms with E-state index in [0.29, 0.717) is 66.1 Å². The van der Waals surface area contributed by atoms with Crippen molar-refractivity contribution in [1.29, 1.82) is 0 Å². The Labute approximate surface area is 253 Å². The molecule has 0 saturated carbocycles. The summed E-state index contributed by atoms with van der Waals surface area (Å²) in [5.41, 5.74) is 2.48. The Kier molecular flexibility index (Phi) is 13.3. The molecule has 0 radical (unpaired) electrons. The average Bonchev–Trinajstić information content (AvgIpc) is 3.74. The van der Waals surface area contributed by atoms with Crippen LogP contribution in [0.2, 0.25) is 0 Å². The van der Waals surface area contributed by atoms with Gasteiger partial charge in [-0.15, -0.1) is 45.3 Å². The van der Waals surface area contributed by atoms with Crippen LogP contribution in [0.4, 0.5) is 0 Å². The smallest absolute Gasteiger partial charge is 0.0732 e. The van der Waals surface area contributed by atoms with Gasteiger partial charge in [0, 0.05) is 43.5 Å². The first-order chi connectivity index (χ1) is 19.6. The van der Waals surface area contributed by atoms with Crippen LogP contribution in [0, 0.1) is 13.8 Å². The van der Waals surface area contributed by atoms with Crippen molar-refractivity contribution in [3.05, 3.63) is 57.3 Å². The lowest BCUT2D eigenvalue weighted by Gasteiger charge is -2.06. The lowest BCUT2D eigenvalue weighted by Crippen LogP contribution is -2.08. The van der Waals surface area contributed by atoms with Crippen LogP contribution in [0.5, 0.6) is 0 Å². The third-order valence-corrected chi connectivity index (χ3v) is 10.8. The van der Waals surface area contributed by atoms with E-state index in [9.17, 15) is 0 Å². The fraction of sp³-hybridized carbons (Fsp3) is 0.467. The van der Waals surface area contributed by atoms with Gasteiger partial charge in [0.1, 0.15) is 0 Å². The minimum Gasteiger partial charge on any atom is -0.382 e. The Morgan fingerprint density at radius 2 is 0.850 bits per heavy atom. The van der Waals surface area contributed by atoms with Crippen molar-refractivity contribution in [2.75, 3.05) is 67.1 Å². The molecule has 4 heterocycles. The van der Waals surface area contributed by atoms with Crippen molar-refractivity contribution in [2.24, 2.45) is 0 Å². The highest BCUT2D eigenvalue weighted by Gasteiger charge is 2.16. The van der Waals surface area contributed by atoms with E-state index in [1.54, 1.807) is 14.2 Å². The monoisotopic (exact) mass is 622 g/mol. The maximum atomic E-state index is 5.92. The normalized spacial score (nSPS) is 11.6. The maximum Gasteiger partial charge on any atom is 0.0732 e. The van der Waals surface area contributed by atoms with Crippen molar-refractivity contribution in [3.8, 4) is 29.3 Å². The van der Waals surface area contributed by atoms with Gasteiger partial charge >= 0.3 is 0 Å². The molecular weight excluding hydrogens is 585 g/mol. The number of hydrogen-bond acceptors (Lipinski definition) is 10. The first kappa shape index (κ1) is 31.5. The van der Waals surface area contributed by atoms with E-state index in [0.717, 1.165) is 0 Å². The van der Waals surface area contributed by atoms with E-state index in [-0.39, 0.29) is 0 Å². The summed E-state index contributed by atoms with van der Waals surface area (Å²) >= 11 is 7.35. The van der Waals surface area contributed by atoms with Crippen LogP contribution in [-0.4, -0.2) is 67.1 Å². The molecule has 10 heteroatoms. The van der Waals surface area contributed by atoms with E-state index in [4.69, 9.17) is 28.4 Å². The van der Waals surface area contributed by atoms with E-state index >= 15 is 0 Å². The molecule has 40 heavy (non-hydrogen) atoms. The quantitative estimate of drug-likeness (QED) is 0.0991. The van der Waals surface area contributed by atoms with Crippen LogP contribution in [0.25, 0.3) is 29.3 Å². The third kappa shape index (κ3) is 9.29. The van der Waals surface area contributed by atoms with Gasteiger partial charge in [-0.05, 0) is 61.4 Å². The number of hydrogen-bond donors (Lipinski definition) is 0. The second-order valence-corrected chi connectivity index (χ2v) is 13.7. The van der Waals surface area contributed by atoms with Crippen LogP contribution in [-0.2, 0) is 41.6 Å². The van der Waals surface area contributed by atoms with Gasteiger partial charge in [0.15, 0.2) is 0 Å². The van der Waals surface area contributed by atoms with Gasteiger partial charge < -0.3 is 28.4 Å². The fourth-order valence-corrected chi connectivity index (χ4v) is 8.47. The number of ether oxygens (including phenoxy) is 6. The Bertz CT molecular complexity index is 1190. The zero-order valence-corrected chi connectivity index (χ0v) is 26.9. The Morgan fingerprint density at radius 3 is 1.27 bits per heavy atom. The van der Waals surface area contributed by atoms with Crippen molar-refractivity contribution < 1.29 is 28.4 Å². The lowest BCUT2D eigenvalue weighted by molar-refractivity contribution is 0.0201. The molecule has 0 fully saturated rings. The van der Waals surface area contributed by atoms with Gasteiger partial charge in [0.2, 0.25) is 0 Å². The van der Waals surface area contributed by atoms with Crippen molar-refractivity contribution >= 4 is 45.3 Å². The summed E-state index contributed by atoms with van der Waals surface area (Å²) in [4.78, 5) is 10.3. The molecule has 0 amide bonds. The van der Waals surface area contributed by atoms with Crippen molar-refractivity contribution in [2.45, 2.75) is 27.1 Å². The van der Waals surface area contributed by atoms with Gasteiger partial charge in [0.05, 0.1) is 75.8 Å². The van der Waals surface area contributed by atoms with Crippen LogP contribution < -0.4 is 0 Å². The molecule has 0 aliphatic rings.